The number of nitrogens with two attached hydrogens (primary N) is 1. The number of carbonyl (C=O) groups is 1. The lowest BCUT2D eigenvalue weighted by Gasteiger charge is -2.23. The van der Waals surface area contributed by atoms with E-state index in [1.54, 1.807) is 12.1 Å². The third kappa shape index (κ3) is 5.83. The number of benzene rings is 1. The first kappa shape index (κ1) is 22.0. The molecule has 3 N–H and O–H groups in total. The van der Waals surface area contributed by atoms with E-state index in [4.69, 9.17) is 5.73 Å². The SMILES string of the molecule is CN(CCCNC(=O)C1(N)CCCC1)c1ccccc1F.Cl.Cl. The molecular weight excluding hydrogens is 340 g/mol. The zero-order valence-corrected chi connectivity index (χ0v) is 15.0. The van der Waals surface area contributed by atoms with E-state index in [2.05, 4.69) is 5.32 Å². The molecule has 132 valence electrons. The van der Waals surface area contributed by atoms with Crippen molar-refractivity contribution >= 4 is 36.4 Å². The summed E-state index contributed by atoms with van der Waals surface area (Å²) >= 11 is 0. The Morgan fingerprint density at radius 1 is 1.30 bits per heavy atom. The molecule has 7 heteroatoms. The van der Waals surface area contributed by atoms with Crippen LogP contribution in [-0.4, -0.2) is 31.6 Å². The molecule has 0 radical (unpaired) electrons. The topological polar surface area (TPSA) is 58.4 Å². The van der Waals surface area contributed by atoms with Gasteiger partial charge in [-0.05, 0) is 31.4 Å². The quantitative estimate of drug-likeness (QED) is 0.762. The first-order chi connectivity index (χ1) is 10.0. The molecule has 0 bridgehead atoms. The predicted molar refractivity (Wildman–Crippen MR) is 97.2 cm³/mol. The van der Waals surface area contributed by atoms with Crippen LogP contribution < -0.4 is 16.0 Å². The third-order valence-electron chi connectivity index (χ3n) is 4.17. The molecule has 0 spiro atoms. The summed E-state index contributed by atoms with van der Waals surface area (Å²) < 4.78 is 13.6. The molecule has 1 aliphatic carbocycles. The highest BCUT2D eigenvalue weighted by molar-refractivity contribution is 5.86. The summed E-state index contributed by atoms with van der Waals surface area (Å²) in [5, 5.41) is 2.90. The van der Waals surface area contributed by atoms with Gasteiger partial charge in [0.25, 0.3) is 0 Å². The number of amides is 1. The molecule has 0 aromatic heterocycles. The lowest BCUT2D eigenvalue weighted by atomic mass is 9.98. The molecule has 1 aliphatic rings. The maximum atomic E-state index is 13.6. The summed E-state index contributed by atoms with van der Waals surface area (Å²) in [5.41, 5.74) is 5.99. The van der Waals surface area contributed by atoms with Crippen molar-refractivity contribution in [1.82, 2.24) is 5.32 Å². The second kappa shape index (κ2) is 9.96. The lowest BCUT2D eigenvalue weighted by molar-refractivity contribution is -0.126. The Bertz CT molecular complexity index is 496. The molecule has 1 aromatic carbocycles. The number of nitrogens with zero attached hydrogens (tertiary/aromatic N) is 1. The zero-order valence-electron chi connectivity index (χ0n) is 13.4. The fraction of sp³-hybridized carbons (Fsp3) is 0.562. The summed E-state index contributed by atoms with van der Waals surface area (Å²) in [4.78, 5) is 13.9. The van der Waals surface area contributed by atoms with Crippen LogP contribution >= 0.6 is 24.8 Å². The molecule has 1 saturated carbocycles. The van der Waals surface area contributed by atoms with Crippen molar-refractivity contribution < 1.29 is 9.18 Å². The highest BCUT2D eigenvalue weighted by Crippen LogP contribution is 2.27. The van der Waals surface area contributed by atoms with Crippen molar-refractivity contribution in [2.45, 2.75) is 37.6 Å². The second-order valence-corrected chi connectivity index (χ2v) is 5.85. The third-order valence-corrected chi connectivity index (χ3v) is 4.17. The van der Waals surface area contributed by atoms with Crippen LogP contribution in [0.3, 0.4) is 0 Å². The Balaban J connectivity index is 0.00000242. The number of para-hydroxylation sites is 1. The van der Waals surface area contributed by atoms with Gasteiger partial charge >= 0.3 is 0 Å². The van der Waals surface area contributed by atoms with Crippen molar-refractivity contribution in [1.29, 1.82) is 0 Å². The van der Waals surface area contributed by atoms with Crippen LogP contribution in [0.1, 0.15) is 32.1 Å². The predicted octanol–water partition coefficient (Wildman–Crippen LogP) is 2.88. The van der Waals surface area contributed by atoms with Crippen LogP contribution in [0.5, 0.6) is 0 Å². The number of anilines is 1. The van der Waals surface area contributed by atoms with Crippen LogP contribution in [-0.2, 0) is 4.79 Å². The maximum Gasteiger partial charge on any atom is 0.240 e. The smallest absolute Gasteiger partial charge is 0.240 e. The monoisotopic (exact) mass is 365 g/mol. The highest BCUT2D eigenvalue weighted by Gasteiger charge is 2.36. The second-order valence-electron chi connectivity index (χ2n) is 5.85. The van der Waals surface area contributed by atoms with Crippen molar-refractivity contribution in [2.75, 3.05) is 25.0 Å². The number of hydrogen-bond acceptors (Lipinski definition) is 3. The van der Waals surface area contributed by atoms with E-state index in [0.717, 1.165) is 32.1 Å². The minimum Gasteiger partial charge on any atom is -0.372 e. The average Bonchev–Trinajstić information content (AvgIpc) is 2.92. The van der Waals surface area contributed by atoms with Gasteiger partial charge < -0.3 is 16.0 Å². The molecule has 4 nitrogen and oxygen atoms in total. The average molecular weight is 366 g/mol. The van der Waals surface area contributed by atoms with Gasteiger partial charge in [-0.15, -0.1) is 24.8 Å². The summed E-state index contributed by atoms with van der Waals surface area (Å²) in [6.45, 7) is 1.25. The molecule has 2 rings (SSSR count). The van der Waals surface area contributed by atoms with Crippen LogP contribution in [0.2, 0.25) is 0 Å². The van der Waals surface area contributed by atoms with Gasteiger partial charge in [-0.1, -0.05) is 25.0 Å². The zero-order chi connectivity index (χ0) is 15.3. The van der Waals surface area contributed by atoms with Crippen LogP contribution in [0.25, 0.3) is 0 Å². The number of nitrogens with one attached hydrogen (secondary N) is 1. The van der Waals surface area contributed by atoms with Gasteiger partial charge in [-0.25, -0.2) is 4.39 Å². The molecule has 0 aliphatic heterocycles. The van der Waals surface area contributed by atoms with Gasteiger partial charge in [0, 0.05) is 20.1 Å². The van der Waals surface area contributed by atoms with E-state index in [0.29, 0.717) is 18.8 Å². The van der Waals surface area contributed by atoms with E-state index >= 15 is 0 Å². The van der Waals surface area contributed by atoms with Crippen molar-refractivity contribution in [3.8, 4) is 0 Å². The van der Waals surface area contributed by atoms with Crippen LogP contribution in [0.15, 0.2) is 24.3 Å². The van der Waals surface area contributed by atoms with Gasteiger partial charge in [-0.3, -0.25) is 4.79 Å². The fourth-order valence-corrected chi connectivity index (χ4v) is 2.81. The van der Waals surface area contributed by atoms with Gasteiger partial charge in [0.2, 0.25) is 5.91 Å². The minimum absolute atomic E-state index is 0. The van der Waals surface area contributed by atoms with Crippen LogP contribution in [0, 0.1) is 5.82 Å². The van der Waals surface area contributed by atoms with Crippen molar-refractivity contribution in [3.63, 3.8) is 0 Å². The minimum atomic E-state index is -0.669. The Labute approximate surface area is 149 Å². The Morgan fingerprint density at radius 2 is 1.91 bits per heavy atom. The number of hydrogen-bond donors (Lipinski definition) is 2. The van der Waals surface area contributed by atoms with Crippen LogP contribution in [0.4, 0.5) is 10.1 Å². The van der Waals surface area contributed by atoms with Crippen molar-refractivity contribution in [2.24, 2.45) is 5.73 Å². The number of halogens is 3. The van der Waals surface area contributed by atoms with E-state index in [1.807, 2.05) is 18.0 Å². The standard InChI is InChI=1S/C16H24FN3O.2ClH/c1-20(14-8-3-2-7-13(14)17)12-6-11-19-15(21)16(18)9-4-5-10-16;;/h2-3,7-8H,4-6,9-12,18H2,1H3,(H,19,21);2*1H. The Kier molecular flexibility index (Phi) is 9.51. The van der Waals surface area contributed by atoms with E-state index in [1.165, 1.54) is 6.07 Å². The molecule has 23 heavy (non-hydrogen) atoms. The molecule has 0 saturated heterocycles. The largest absolute Gasteiger partial charge is 0.372 e. The summed E-state index contributed by atoms with van der Waals surface area (Å²) in [5.74, 6) is -0.274. The highest BCUT2D eigenvalue weighted by atomic mass is 35.5. The van der Waals surface area contributed by atoms with E-state index in [9.17, 15) is 9.18 Å². The van der Waals surface area contributed by atoms with E-state index < -0.39 is 5.54 Å². The molecule has 0 unspecified atom stereocenters. The molecule has 1 aromatic rings. The molecule has 0 heterocycles. The molecule has 1 amide bonds. The first-order valence-electron chi connectivity index (χ1n) is 7.56. The lowest BCUT2D eigenvalue weighted by Crippen LogP contribution is -2.52. The number of carbonyl (C=O) groups excluding carboxylic acids is 1. The Morgan fingerprint density at radius 3 is 2.52 bits per heavy atom. The normalized spacial score (nSPS) is 15.3. The fourth-order valence-electron chi connectivity index (χ4n) is 2.81. The molecule has 0 atom stereocenters. The van der Waals surface area contributed by atoms with Gasteiger partial charge in [0.1, 0.15) is 5.82 Å². The summed E-state index contributed by atoms with van der Waals surface area (Å²) in [6.07, 6.45) is 4.36. The maximum absolute atomic E-state index is 13.6. The van der Waals surface area contributed by atoms with E-state index in [-0.39, 0.29) is 36.5 Å². The van der Waals surface area contributed by atoms with Gasteiger partial charge in [-0.2, -0.15) is 0 Å². The number of rotatable bonds is 6. The van der Waals surface area contributed by atoms with Gasteiger partial charge in [0.05, 0.1) is 11.2 Å². The van der Waals surface area contributed by atoms with Crippen molar-refractivity contribution in [3.05, 3.63) is 30.1 Å². The first-order valence-corrected chi connectivity index (χ1v) is 7.56. The Hall–Kier alpha value is -1.04. The van der Waals surface area contributed by atoms with Gasteiger partial charge in [0.15, 0.2) is 0 Å². The molecular formula is C16H26Cl2FN3O. The molecule has 1 fully saturated rings. The summed E-state index contributed by atoms with van der Waals surface area (Å²) in [7, 11) is 1.85. The summed E-state index contributed by atoms with van der Waals surface area (Å²) in [6, 6.07) is 6.69.